The molecule has 0 radical (unpaired) electrons. The van der Waals surface area contributed by atoms with Crippen LogP contribution in [0, 0.1) is 13.8 Å². The number of carbonyl (C=O) groups excluding carboxylic acids is 1. The van der Waals surface area contributed by atoms with E-state index in [1.165, 1.54) is 0 Å². The Morgan fingerprint density at radius 3 is 2.29 bits per heavy atom. The third kappa shape index (κ3) is 6.52. The summed E-state index contributed by atoms with van der Waals surface area (Å²) in [6.45, 7) is 7.20. The van der Waals surface area contributed by atoms with Crippen LogP contribution >= 0.6 is 11.8 Å². The molecule has 1 amide bonds. The van der Waals surface area contributed by atoms with Crippen molar-refractivity contribution in [2.45, 2.75) is 27.2 Å². The fourth-order valence-corrected chi connectivity index (χ4v) is 3.66. The molecule has 0 saturated heterocycles. The van der Waals surface area contributed by atoms with Gasteiger partial charge in [0.15, 0.2) is 0 Å². The molecule has 0 fully saturated rings. The number of amides is 1. The maximum absolute atomic E-state index is 12.4. The molecule has 2 aromatic carbocycles. The Balaban J connectivity index is 1.41. The summed E-state index contributed by atoms with van der Waals surface area (Å²) in [6.07, 6.45) is 0.984. The smallest absolute Gasteiger partial charge is 0.234 e. The van der Waals surface area contributed by atoms with Gasteiger partial charge in [-0.1, -0.05) is 25.1 Å². The van der Waals surface area contributed by atoms with Gasteiger partial charge in [-0.05, 0) is 56.7 Å². The normalized spacial score (nSPS) is 10.7. The number of anilines is 1. The molecule has 164 valence electrons. The van der Waals surface area contributed by atoms with Crippen molar-refractivity contribution in [3.63, 3.8) is 0 Å². The van der Waals surface area contributed by atoms with Gasteiger partial charge in [-0.3, -0.25) is 4.79 Å². The molecule has 0 atom stereocenters. The molecule has 7 heteroatoms. The minimum absolute atomic E-state index is 0.0405. The summed E-state index contributed by atoms with van der Waals surface area (Å²) in [6, 6.07) is 17.5. The van der Waals surface area contributed by atoms with Crippen LogP contribution in [0.25, 0.3) is 5.69 Å². The number of hydrogen-bond acceptors (Lipinski definition) is 5. The molecule has 0 spiro atoms. The zero-order valence-corrected chi connectivity index (χ0v) is 19.1. The van der Waals surface area contributed by atoms with Gasteiger partial charge in [0.25, 0.3) is 0 Å². The Morgan fingerprint density at radius 2 is 1.65 bits per heavy atom. The van der Waals surface area contributed by atoms with Crippen LogP contribution in [0.3, 0.4) is 0 Å². The second-order valence-electron chi connectivity index (χ2n) is 7.06. The first kappa shape index (κ1) is 22.7. The van der Waals surface area contributed by atoms with E-state index in [9.17, 15) is 4.79 Å². The van der Waals surface area contributed by atoms with E-state index in [4.69, 9.17) is 9.47 Å². The van der Waals surface area contributed by atoms with Crippen LogP contribution in [-0.2, 0) is 4.79 Å². The van der Waals surface area contributed by atoms with Crippen LogP contribution in [0.5, 0.6) is 11.5 Å². The molecule has 0 aliphatic rings. The van der Waals surface area contributed by atoms with Crippen molar-refractivity contribution in [3.8, 4) is 17.2 Å². The first-order valence-corrected chi connectivity index (χ1v) is 11.6. The summed E-state index contributed by atoms with van der Waals surface area (Å²) in [5, 5.41) is 7.57. The molecule has 31 heavy (non-hydrogen) atoms. The fourth-order valence-electron chi connectivity index (χ4n) is 3.06. The van der Waals surface area contributed by atoms with Crippen molar-refractivity contribution in [3.05, 3.63) is 66.0 Å². The molecule has 1 heterocycles. The standard InChI is InChI=1S/C24H29N3O3S/c1-4-14-29-21-10-12-22(13-11-21)30-15-16-31-17-23(28)25-24-18(2)26-27(19(24)3)20-8-6-5-7-9-20/h5-13H,4,14-17H2,1-3H3,(H,25,28). The number of aromatic nitrogens is 2. The summed E-state index contributed by atoms with van der Waals surface area (Å²) < 4.78 is 13.1. The average Bonchev–Trinajstić information content (AvgIpc) is 3.07. The van der Waals surface area contributed by atoms with Crippen LogP contribution in [-0.4, -0.2) is 40.4 Å². The number of hydrogen-bond donors (Lipinski definition) is 1. The van der Waals surface area contributed by atoms with Gasteiger partial charge in [-0.25, -0.2) is 4.68 Å². The molecule has 6 nitrogen and oxygen atoms in total. The zero-order valence-electron chi connectivity index (χ0n) is 18.3. The first-order chi connectivity index (χ1) is 15.1. The van der Waals surface area contributed by atoms with Gasteiger partial charge >= 0.3 is 0 Å². The Morgan fingerprint density at radius 1 is 1.00 bits per heavy atom. The van der Waals surface area contributed by atoms with E-state index < -0.39 is 0 Å². The van der Waals surface area contributed by atoms with Gasteiger partial charge in [0, 0.05) is 5.75 Å². The molecule has 1 N–H and O–H groups in total. The molecule has 3 aromatic rings. The molecule has 1 aromatic heterocycles. The van der Waals surface area contributed by atoms with Gasteiger partial charge in [0.2, 0.25) is 5.91 Å². The molecule has 0 saturated carbocycles. The van der Waals surface area contributed by atoms with Crippen LogP contribution < -0.4 is 14.8 Å². The summed E-state index contributed by atoms with van der Waals surface area (Å²) >= 11 is 1.54. The number of nitrogens with zero attached hydrogens (tertiary/aromatic N) is 2. The molecular formula is C24H29N3O3S. The summed E-state index contributed by atoms with van der Waals surface area (Å²) in [7, 11) is 0. The number of benzene rings is 2. The number of carbonyl (C=O) groups is 1. The summed E-state index contributed by atoms with van der Waals surface area (Å²) in [5.41, 5.74) is 3.46. The third-order valence-electron chi connectivity index (χ3n) is 4.58. The van der Waals surface area contributed by atoms with Crippen LogP contribution in [0.2, 0.25) is 0 Å². The highest BCUT2D eigenvalue weighted by Crippen LogP contribution is 2.23. The highest BCUT2D eigenvalue weighted by Gasteiger charge is 2.15. The van der Waals surface area contributed by atoms with E-state index in [-0.39, 0.29) is 5.91 Å². The lowest BCUT2D eigenvalue weighted by atomic mass is 10.3. The maximum Gasteiger partial charge on any atom is 0.234 e. The molecule has 0 aliphatic carbocycles. The van der Waals surface area contributed by atoms with Crippen molar-refractivity contribution in [2.75, 3.05) is 30.0 Å². The minimum atomic E-state index is -0.0405. The second-order valence-corrected chi connectivity index (χ2v) is 8.17. The van der Waals surface area contributed by atoms with E-state index >= 15 is 0 Å². The van der Waals surface area contributed by atoms with E-state index in [1.54, 1.807) is 11.8 Å². The van der Waals surface area contributed by atoms with Crippen LogP contribution in [0.15, 0.2) is 54.6 Å². The van der Waals surface area contributed by atoms with E-state index in [0.29, 0.717) is 19.0 Å². The topological polar surface area (TPSA) is 65.4 Å². The third-order valence-corrected chi connectivity index (χ3v) is 5.50. The van der Waals surface area contributed by atoms with Crippen molar-refractivity contribution >= 4 is 23.4 Å². The Kier molecular flexibility index (Phi) is 8.41. The van der Waals surface area contributed by atoms with E-state index in [2.05, 4.69) is 17.3 Å². The van der Waals surface area contributed by atoms with E-state index in [1.807, 2.05) is 73.1 Å². The van der Waals surface area contributed by atoms with E-state index in [0.717, 1.165) is 46.4 Å². The first-order valence-electron chi connectivity index (χ1n) is 10.4. The van der Waals surface area contributed by atoms with Gasteiger partial charge < -0.3 is 14.8 Å². The van der Waals surface area contributed by atoms with Crippen molar-refractivity contribution in [1.82, 2.24) is 9.78 Å². The largest absolute Gasteiger partial charge is 0.494 e. The predicted octanol–water partition coefficient (Wildman–Crippen LogP) is 5.03. The Labute approximate surface area is 187 Å². The van der Waals surface area contributed by atoms with Gasteiger partial charge in [0.1, 0.15) is 11.5 Å². The predicted molar refractivity (Wildman–Crippen MR) is 127 cm³/mol. The van der Waals surface area contributed by atoms with Crippen LogP contribution in [0.1, 0.15) is 24.7 Å². The van der Waals surface area contributed by atoms with Crippen LogP contribution in [0.4, 0.5) is 5.69 Å². The molecule has 3 rings (SSSR count). The lowest BCUT2D eigenvalue weighted by Crippen LogP contribution is -2.16. The number of rotatable bonds is 11. The zero-order chi connectivity index (χ0) is 22.1. The number of thioether (sulfide) groups is 1. The second kappa shape index (κ2) is 11.5. The van der Waals surface area contributed by atoms with Crippen molar-refractivity contribution in [1.29, 1.82) is 0 Å². The number of ether oxygens (including phenoxy) is 2. The SMILES string of the molecule is CCCOc1ccc(OCCSCC(=O)Nc2c(C)nn(-c3ccccc3)c2C)cc1. The van der Waals surface area contributed by atoms with Crippen molar-refractivity contribution in [2.24, 2.45) is 0 Å². The molecular weight excluding hydrogens is 410 g/mol. The highest BCUT2D eigenvalue weighted by atomic mass is 32.2. The lowest BCUT2D eigenvalue weighted by Gasteiger charge is -2.09. The number of aryl methyl sites for hydroxylation is 1. The fraction of sp³-hybridized carbons (Fsp3) is 0.333. The molecule has 0 unspecified atom stereocenters. The number of para-hydroxylation sites is 1. The van der Waals surface area contributed by atoms with Crippen molar-refractivity contribution < 1.29 is 14.3 Å². The minimum Gasteiger partial charge on any atom is -0.494 e. The quantitative estimate of drug-likeness (QED) is 0.425. The van der Waals surface area contributed by atoms with Gasteiger partial charge in [0.05, 0.1) is 41.7 Å². The lowest BCUT2D eigenvalue weighted by molar-refractivity contribution is -0.113. The van der Waals surface area contributed by atoms with Gasteiger partial charge in [-0.15, -0.1) is 11.8 Å². The maximum atomic E-state index is 12.4. The molecule has 0 bridgehead atoms. The molecule has 0 aliphatic heterocycles. The average molecular weight is 440 g/mol. The van der Waals surface area contributed by atoms with Gasteiger partial charge in [-0.2, -0.15) is 5.10 Å². The highest BCUT2D eigenvalue weighted by molar-refractivity contribution is 7.99. The summed E-state index contributed by atoms with van der Waals surface area (Å²) in [5.74, 6) is 2.70. The number of nitrogens with one attached hydrogen (secondary N) is 1. The Hall–Kier alpha value is -2.93. The Bertz CT molecular complexity index is 972. The summed E-state index contributed by atoms with van der Waals surface area (Å²) in [4.78, 5) is 12.4. The monoisotopic (exact) mass is 439 g/mol.